The van der Waals surface area contributed by atoms with E-state index in [-0.39, 0.29) is 0 Å². The van der Waals surface area contributed by atoms with Crippen molar-refractivity contribution in [3.63, 3.8) is 0 Å². The van der Waals surface area contributed by atoms with Crippen molar-refractivity contribution >= 4 is 17.4 Å². The van der Waals surface area contributed by atoms with E-state index in [0.29, 0.717) is 0 Å². The second-order valence-corrected chi connectivity index (χ2v) is 1.58. The first-order valence-electron chi connectivity index (χ1n) is 2.58. The van der Waals surface area contributed by atoms with Gasteiger partial charge in [0, 0.05) is 14.0 Å². The lowest BCUT2D eigenvalue weighted by molar-refractivity contribution is -0.117. The molecule has 0 aromatic heterocycles. The van der Waals surface area contributed by atoms with Gasteiger partial charge in [-0.15, -0.1) is 0 Å². The molecule has 0 spiro atoms. The number of ketones is 1. The summed E-state index contributed by atoms with van der Waals surface area (Å²) in [4.78, 5) is 21.0. The molecule has 5 heteroatoms. The second-order valence-electron chi connectivity index (χ2n) is 1.58. The van der Waals surface area contributed by atoms with Crippen molar-refractivity contribution < 1.29 is 14.8 Å². The Morgan fingerprint density at radius 2 is 2.00 bits per heavy atom. The van der Waals surface area contributed by atoms with E-state index in [2.05, 4.69) is 10.5 Å². The van der Waals surface area contributed by atoms with Gasteiger partial charge < -0.3 is 10.5 Å². The molecule has 1 amide bonds. The van der Waals surface area contributed by atoms with E-state index < -0.39 is 17.4 Å². The molecule has 0 aliphatic rings. The van der Waals surface area contributed by atoms with Gasteiger partial charge in [-0.1, -0.05) is 5.16 Å². The SMILES string of the molecule is CNC(=O)C(=NO)C(C)=O. The number of nitrogens with one attached hydrogen (secondary N) is 1. The largest absolute Gasteiger partial charge is 0.410 e. The van der Waals surface area contributed by atoms with Gasteiger partial charge in [0.05, 0.1) is 0 Å². The monoisotopic (exact) mass is 144 g/mol. The molecular weight excluding hydrogens is 136 g/mol. The van der Waals surface area contributed by atoms with E-state index in [1.165, 1.54) is 7.05 Å². The molecule has 0 fully saturated rings. The third kappa shape index (κ3) is 1.85. The summed E-state index contributed by atoms with van der Waals surface area (Å²) in [6.45, 7) is 1.14. The normalized spacial score (nSPS) is 10.8. The molecule has 0 radical (unpaired) electrons. The zero-order chi connectivity index (χ0) is 8.15. The van der Waals surface area contributed by atoms with Crippen molar-refractivity contribution in [1.29, 1.82) is 0 Å². The van der Waals surface area contributed by atoms with E-state index in [9.17, 15) is 9.59 Å². The summed E-state index contributed by atoms with van der Waals surface area (Å²) in [5, 5.41) is 12.8. The Kier molecular flexibility index (Phi) is 3.10. The number of nitrogens with zero attached hydrogens (tertiary/aromatic N) is 1. The highest BCUT2D eigenvalue weighted by Crippen LogP contribution is 1.79. The van der Waals surface area contributed by atoms with Crippen LogP contribution in [-0.4, -0.2) is 29.7 Å². The van der Waals surface area contributed by atoms with Gasteiger partial charge in [0.15, 0.2) is 5.78 Å². The Balaban J connectivity index is 4.39. The Labute approximate surface area is 57.7 Å². The van der Waals surface area contributed by atoms with Gasteiger partial charge in [0.1, 0.15) is 0 Å². The summed E-state index contributed by atoms with van der Waals surface area (Å²) < 4.78 is 0. The molecule has 10 heavy (non-hydrogen) atoms. The molecule has 0 aromatic carbocycles. The standard InChI is InChI=1S/C5H8N2O3/c1-3(8)4(7-10)5(9)6-2/h10H,1-2H3,(H,6,9). The number of Topliss-reactive ketones (excluding diaryl/α,β-unsaturated/α-hetero) is 1. The van der Waals surface area contributed by atoms with Crippen molar-refractivity contribution in [1.82, 2.24) is 5.32 Å². The fourth-order valence-electron chi connectivity index (χ4n) is 0.394. The summed E-state index contributed by atoms with van der Waals surface area (Å²) in [6, 6.07) is 0. The molecule has 0 atom stereocenters. The highest BCUT2D eigenvalue weighted by Gasteiger charge is 2.14. The van der Waals surface area contributed by atoms with Gasteiger partial charge in [-0.05, 0) is 0 Å². The third-order valence-corrected chi connectivity index (χ3v) is 0.876. The molecule has 5 nitrogen and oxygen atoms in total. The second kappa shape index (κ2) is 3.60. The van der Waals surface area contributed by atoms with Crippen LogP contribution in [0.25, 0.3) is 0 Å². The van der Waals surface area contributed by atoms with Crippen LogP contribution < -0.4 is 5.32 Å². The summed E-state index contributed by atoms with van der Waals surface area (Å²) in [5.74, 6) is -1.25. The fraction of sp³-hybridized carbons (Fsp3) is 0.400. The lowest BCUT2D eigenvalue weighted by atomic mass is 10.2. The first kappa shape index (κ1) is 8.61. The summed E-state index contributed by atoms with van der Waals surface area (Å²) in [7, 11) is 1.34. The van der Waals surface area contributed by atoms with E-state index in [4.69, 9.17) is 5.21 Å². The van der Waals surface area contributed by atoms with Crippen LogP contribution in [0.2, 0.25) is 0 Å². The predicted molar refractivity (Wildman–Crippen MR) is 34.0 cm³/mol. The predicted octanol–water partition coefficient (Wildman–Crippen LogP) is -0.848. The Morgan fingerprint density at radius 1 is 1.50 bits per heavy atom. The van der Waals surface area contributed by atoms with Crippen LogP contribution in [0.3, 0.4) is 0 Å². The smallest absolute Gasteiger partial charge is 0.276 e. The minimum absolute atomic E-state index is 0.484. The maximum Gasteiger partial charge on any atom is 0.276 e. The van der Waals surface area contributed by atoms with E-state index in [1.807, 2.05) is 0 Å². The highest BCUT2D eigenvalue weighted by molar-refractivity contribution is 6.65. The van der Waals surface area contributed by atoms with Crippen molar-refractivity contribution in [3.8, 4) is 0 Å². The van der Waals surface area contributed by atoms with E-state index in [1.54, 1.807) is 0 Å². The molecule has 0 heterocycles. The van der Waals surface area contributed by atoms with Crippen LogP contribution in [-0.2, 0) is 9.59 Å². The third-order valence-electron chi connectivity index (χ3n) is 0.876. The van der Waals surface area contributed by atoms with Crippen molar-refractivity contribution in [2.45, 2.75) is 6.92 Å². The summed E-state index contributed by atoms with van der Waals surface area (Å²) in [6.07, 6.45) is 0. The number of amides is 1. The molecular formula is C5H8N2O3. The summed E-state index contributed by atoms with van der Waals surface area (Å²) in [5.41, 5.74) is -0.484. The number of hydrogen-bond donors (Lipinski definition) is 2. The van der Waals surface area contributed by atoms with Crippen molar-refractivity contribution in [2.75, 3.05) is 7.05 Å². The minimum atomic E-state index is -0.685. The Hall–Kier alpha value is -1.39. The number of carbonyl (C=O) groups excluding carboxylic acids is 2. The van der Waals surface area contributed by atoms with Gasteiger partial charge in [0.25, 0.3) is 5.91 Å². The fourth-order valence-corrected chi connectivity index (χ4v) is 0.394. The van der Waals surface area contributed by atoms with Gasteiger partial charge in [0.2, 0.25) is 5.71 Å². The van der Waals surface area contributed by atoms with Crippen LogP contribution in [0, 0.1) is 0 Å². The van der Waals surface area contributed by atoms with Crippen LogP contribution in [0.15, 0.2) is 5.16 Å². The topological polar surface area (TPSA) is 78.8 Å². The summed E-state index contributed by atoms with van der Waals surface area (Å²) >= 11 is 0. The molecule has 2 N–H and O–H groups in total. The zero-order valence-electron chi connectivity index (χ0n) is 5.71. The lowest BCUT2D eigenvalue weighted by Gasteiger charge is -1.95. The molecule has 0 aliphatic carbocycles. The first-order valence-corrected chi connectivity index (χ1v) is 2.58. The van der Waals surface area contributed by atoms with Crippen LogP contribution >= 0.6 is 0 Å². The maximum absolute atomic E-state index is 10.6. The molecule has 0 rings (SSSR count). The Morgan fingerprint density at radius 3 is 2.10 bits per heavy atom. The molecule has 0 saturated carbocycles. The lowest BCUT2D eigenvalue weighted by Crippen LogP contribution is -2.32. The molecule has 0 aromatic rings. The van der Waals surface area contributed by atoms with Crippen LogP contribution in [0.4, 0.5) is 0 Å². The average Bonchev–Trinajstić information content (AvgIpc) is 1.88. The Bertz CT molecular complexity index is 185. The van der Waals surface area contributed by atoms with Gasteiger partial charge in [-0.2, -0.15) is 0 Å². The first-order chi connectivity index (χ1) is 4.63. The van der Waals surface area contributed by atoms with Crippen molar-refractivity contribution in [3.05, 3.63) is 0 Å². The molecule has 56 valence electrons. The molecule has 0 aliphatic heterocycles. The van der Waals surface area contributed by atoms with Crippen LogP contribution in [0.1, 0.15) is 6.92 Å². The molecule has 0 saturated heterocycles. The minimum Gasteiger partial charge on any atom is -0.410 e. The van der Waals surface area contributed by atoms with E-state index in [0.717, 1.165) is 6.92 Å². The number of carbonyl (C=O) groups is 2. The highest BCUT2D eigenvalue weighted by atomic mass is 16.4. The average molecular weight is 144 g/mol. The number of rotatable bonds is 2. The number of oxime groups is 1. The van der Waals surface area contributed by atoms with Crippen molar-refractivity contribution in [2.24, 2.45) is 5.16 Å². The van der Waals surface area contributed by atoms with Gasteiger partial charge in [-0.3, -0.25) is 9.59 Å². The van der Waals surface area contributed by atoms with Gasteiger partial charge in [-0.25, -0.2) is 0 Å². The number of hydrogen-bond acceptors (Lipinski definition) is 4. The maximum atomic E-state index is 10.6. The van der Waals surface area contributed by atoms with E-state index >= 15 is 0 Å². The zero-order valence-corrected chi connectivity index (χ0v) is 5.71. The van der Waals surface area contributed by atoms with Gasteiger partial charge >= 0.3 is 0 Å². The van der Waals surface area contributed by atoms with Crippen LogP contribution in [0.5, 0.6) is 0 Å². The molecule has 0 bridgehead atoms. The quantitative estimate of drug-likeness (QED) is 0.229. The molecule has 0 unspecified atom stereocenters.